The van der Waals surface area contributed by atoms with E-state index in [-0.39, 0.29) is 5.56 Å². The average Bonchev–Trinajstić information content (AvgIpc) is 2.39. The number of aromatic hydroxyl groups is 2. The van der Waals surface area contributed by atoms with Crippen LogP contribution in [0.4, 0.5) is 4.39 Å². The smallest absolute Gasteiger partial charge is 0.228 e. The van der Waals surface area contributed by atoms with Gasteiger partial charge in [0.05, 0.1) is 0 Å². The van der Waals surface area contributed by atoms with Crippen molar-refractivity contribution in [1.29, 1.82) is 0 Å². The molecule has 0 aliphatic rings. The largest absolute Gasteiger partial charge is 0.504 e. The monoisotopic (exact) mass is 258 g/mol. The van der Waals surface area contributed by atoms with Crippen LogP contribution < -0.4 is 0 Å². The number of halogens is 1. The number of Topliss-reactive ketones (excluding diaryl/α,β-unsaturated/α-hetero) is 2. The van der Waals surface area contributed by atoms with Gasteiger partial charge >= 0.3 is 0 Å². The van der Waals surface area contributed by atoms with Crippen LogP contribution in [0.15, 0.2) is 12.1 Å². The number of phenolic OH excluding ortho intramolecular Hbond substituents is 2. The van der Waals surface area contributed by atoms with Gasteiger partial charge in [-0.2, -0.15) is 0 Å². The van der Waals surface area contributed by atoms with Crippen LogP contribution in [0, 0.1) is 5.82 Å². The van der Waals surface area contributed by atoms with Gasteiger partial charge in [-0.1, -0.05) is 27.7 Å². The molecule has 0 heterocycles. The molecule has 0 saturated heterocycles. The highest BCUT2D eigenvalue weighted by Crippen LogP contribution is 2.29. The van der Waals surface area contributed by atoms with E-state index in [0.717, 1.165) is 13.0 Å². The first kappa shape index (κ1) is 18.5. The predicted molar refractivity (Wildman–Crippen MR) is 67.4 cm³/mol. The van der Waals surface area contributed by atoms with Gasteiger partial charge in [-0.15, -0.1) is 0 Å². The molecule has 0 aliphatic carbocycles. The highest BCUT2D eigenvalue weighted by molar-refractivity contribution is 6.42. The van der Waals surface area contributed by atoms with Gasteiger partial charge in [0.25, 0.3) is 0 Å². The maximum Gasteiger partial charge on any atom is 0.228 e. The lowest BCUT2D eigenvalue weighted by molar-refractivity contribution is -0.113. The maximum atomic E-state index is 12.8. The fraction of sp³-hybridized carbons (Fsp3) is 0.385. The maximum absolute atomic E-state index is 12.8. The zero-order valence-corrected chi connectivity index (χ0v) is 11.2. The van der Waals surface area contributed by atoms with E-state index in [4.69, 9.17) is 10.2 Å². The molecule has 1 aromatic carbocycles. The van der Waals surface area contributed by atoms with E-state index < -0.39 is 28.9 Å². The highest BCUT2D eigenvalue weighted by Gasteiger charge is 2.16. The minimum atomic E-state index is -1.14. The summed E-state index contributed by atoms with van der Waals surface area (Å²) in [5, 5.41) is 17.8. The topological polar surface area (TPSA) is 74.6 Å². The van der Waals surface area contributed by atoms with Crippen LogP contribution in [0.5, 0.6) is 11.5 Å². The summed E-state index contributed by atoms with van der Waals surface area (Å²) in [5.41, 5.74) is -0.287. The number of hydrogen-bond acceptors (Lipinski definition) is 4. The van der Waals surface area contributed by atoms with Gasteiger partial charge in [-0.3, -0.25) is 9.59 Å². The molecule has 0 fully saturated rings. The highest BCUT2D eigenvalue weighted by atomic mass is 19.1. The van der Waals surface area contributed by atoms with Gasteiger partial charge in [0.1, 0.15) is 0 Å². The standard InChI is InChI=1S/C9H7FO4.2C2H6/c1-4(11)8(13)5-2-6(10)9(14)7(12)3-5;2*1-2/h2-3,12,14H,1H3;2*1-2H3. The third kappa shape index (κ3) is 4.95. The average molecular weight is 258 g/mol. The van der Waals surface area contributed by atoms with Crippen LogP contribution in [-0.2, 0) is 4.79 Å². The number of benzene rings is 1. The number of rotatable bonds is 2. The fourth-order valence-electron chi connectivity index (χ4n) is 0.919. The summed E-state index contributed by atoms with van der Waals surface area (Å²) < 4.78 is 12.8. The van der Waals surface area contributed by atoms with E-state index in [1.165, 1.54) is 0 Å². The predicted octanol–water partition coefficient (Wildman–Crippen LogP) is 3.06. The summed E-state index contributed by atoms with van der Waals surface area (Å²) in [7, 11) is 0. The summed E-state index contributed by atoms with van der Waals surface area (Å²) in [6.45, 7) is 9.03. The molecule has 0 saturated carbocycles. The Balaban J connectivity index is 0. The van der Waals surface area contributed by atoms with E-state index in [1.54, 1.807) is 0 Å². The SMILES string of the molecule is CC.CC.CC(=O)C(=O)c1cc(O)c(O)c(F)c1. The molecule has 4 nitrogen and oxygen atoms in total. The molecule has 18 heavy (non-hydrogen) atoms. The Morgan fingerprint density at radius 3 is 1.83 bits per heavy atom. The third-order valence-corrected chi connectivity index (χ3v) is 1.63. The molecule has 0 bridgehead atoms. The molecule has 0 atom stereocenters. The minimum absolute atomic E-state index is 0.287. The molecule has 0 unspecified atom stereocenters. The Hall–Kier alpha value is -1.91. The molecular formula is C13H19FO4. The normalized spacial score (nSPS) is 8.33. The van der Waals surface area contributed by atoms with Gasteiger partial charge in [0, 0.05) is 12.5 Å². The molecule has 0 spiro atoms. The zero-order chi connectivity index (χ0) is 14.9. The van der Waals surface area contributed by atoms with Crippen LogP contribution >= 0.6 is 0 Å². The molecule has 0 amide bonds. The third-order valence-electron chi connectivity index (χ3n) is 1.63. The number of hydrogen-bond donors (Lipinski definition) is 2. The van der Waals surface area contributed by atoms with Crippen molar-refractivity contribution in [1.82, 2.24) is 0 Å². The van der Waals surface area contributed by atoms with Crippen LogP contribution in [0.25, 0.3) is 0 Å². The van der Waals surface area contributed by atoms with Crippen molar-refractivity contribution in [2.45, 2.75) is 34.6 Å². The summed E-state index contributed by atoms with van der Waals surface area (Å²) in [4.78, 5) is 21.7. The molecule has 0 radical (unpaired) electrons. The number of carbonyl (C=O) groups excluding carboxylic acids is 2. The van der Waals surface area contributed by atoms with Crippen molar-refractivity contribution in [2.24, 2.45) is 0 Å². The Labute approximate surface area is 106 Å². The molecule has 0 aromatic heterocycles. The Kier molecular flexibility index (Phi) is 9.39. The lowest BCUT2D eigenvalue weighted by atomic mass is 10.1. The van der Waals surface area contributed by atoms with Crippen molar-refractivity contribution in [3.05, 3.63) is 23.5 Å². The second kappa shape index (κ2) is 9.15. The Bertz CT molecular complexity index is 390. The first-order valence-corrected chi connectivity index (χ1v) is 5.70. The molecule has 0 aliphatic heterocycles. The van der Waals surface area contributed by atoms with Gasteiger partial charge in [0.15, 0.2) is 23.1 Å². The van der Waals surface area contributed by atoms with E-state index in [1.807, 2.05) is 27.7 Å². The van der Waals surface area contributed by atoms with Crippen molar-refractivity contribution in [2.75, 3.05) is 0 Å². The van der Waals surface area contributed by atoms with E-state index in [9.17, 15) is 14.0 Å². The van der Waals surface area contributed by atoms with Crippen molar-refractivity contribution < 1.29 is 24.2 Å². The first-order valence-electron chi connectivity index (χ1n) is 5.70. The van der Waals surface area contributed by atoms with Crippen molar-refractivity contribution in [3.8, 4) is 11.5 Å². The Morgan fingerprint density at radius 1 is 1.06 bits per heavy atom. The molecular weight excluding hydrogens is 239 g/mol. The lowest BCUT2D eigenvalue weighted by Gasteiger charge is -2.01. The lowest BCUT2D eigenvalue weighted by Crippen LogP contribution is -2.09. The molecule has 1 rings (SSSR count). The van der Waals surface area contributed by atoms with Crippen molar-refractivity contribution in [3.63, 3.8) is 0 Å². The van der Waals surface area contributed by atoms with E-state index in [0.29, 0.717) is 6.07 Å². The molecule has 1 aromatic rings. The summed E-state index contributed by atoms with van der Waals surface area (Å²) >= 11 is 0. The fourth-order valence-corrected chi connectivity index (χ4v) is 0.919. The number of carbonyl (C=O) groups is 2. The van der Waals surface area contributed by atoms with Crippen LogP contribution in [0.3, 0.4) is 0 Å². The summed E-state index contributed by atoms with van der Waals surface area (Å²) in [5.74, 6) is -4.54. The van der Waals surface area contributed by atoms with Gasteiger partial charge in [-0.05, 0) is 12.1 Å². The molecule has 5 heteroatoms. The van der Waals surface area contributed by atoms with E-state index >= 15 is 0 Å². The van der Waals surface area contributed by atoms with E-state index in [2.05, 4.69) is 0 Å². The Morgan fingerprint density at radius 2 is 1.50 bits per heavy atom. The summed E-state index contributed by atoms with van der Waals surface area (Å²) in [6, 6.07) is 1.53. The van der Waals surface area contributed by atoms with Gasteiger partial charge in [0.2, 0.25) is 5.78 Å². The zero-order valence-electron chi connectivity index (χ0n) is 11.2. The van der Waals surface area contributed by atoms with Crippen LogP contribution in [-0.4, -0.2) is 21.8 Å². The minimum Gasteiger partial charge on any atom is -0.504 e. The second-order valence-electron chi connectivity index (χ2n) is 2.71. The van der Waals surface area contributed by atoms with Gasteiger partial charge in [-0.25, -0.2) is 4.39 Å². The van der Waals surface area contributed by atoms with Crippen LogP contribution in [0.1, 0.15) is 45.0 Å². The quantitative estimate of drug-likeness (QED) is 0.485. The molecule has 2 N–H and O–H groups in total. The first-order chi connectivity index (χ1) is 8.43. The number of phenols is 2. The molecule has 102 valence electrons. The van der Waals surface area contributed by atoms with Crippen LogP contribution in [0.2, 0.25) is 0 Å². The summed E-state index contributed by atoms with van der Waals surface area (Å²) in [6.07, 6.45) is 0. The van der Waals surface area contributed by atoms with Crippen molar-refractivity contribution >= 4 is 11.6 Å². The van der Waals surface area contributed by atoms with Gasteiger partial charge < -0.3 is 10.2 Å². The number of ketones is 2. The second-order valence-corrected chi connectivity index (χ2v) is 2.71.